The van der Waals surface area contributed by atoms with E-state index >= 15 is 0 Å². The Labute approximate surface area is 175 Å². The fourth-order valence-electron chi connectivity index (χ4n) is 2.58. The molecule has 0 unspecified atom stereocenters. The molecule has 8 nitrogen and oxygen atoms in total. The zero-order valence-electron chi connectivity index (χ0n) is 17.7. The van der Waals surface area contributed by atoms with Crippen LogP contribution in [0.15, 0.2) is 27.7 Å². The second kappa shape index (κ2) is 11.9. The van der Waals surface area contributed by atoms with Crippen LogP contribution in [0.1, 0.15) is 50.9 Å². The highest BCUT2D eigenvalue weighted by atomic mass is 19.3. The lowest BCUT2D eigenvalue weighted by atomic mass is 10.2. The van der Waals surface area contributed by atoms with Gasteiger partial charge in [0.15, 0.2) is 23.3 Å². The van der Waals surface area contributed by atoms with Crippen LogP contribution in [-0.4, -0.2) is 42.4 Å². The van der Waals surface area contributed by atoms with Crippen LogP contribution in [0.3, 0.4) is 0 Å². The van der Waals surface area contributed by atoms with Crippen molar-refractivity contribution in [2.45, 2.75) is 53.2 Å². The van der Waals surface area contributed by atoms with Crippen molar-refractivity contribution in [3.63, 3.8) is 0 Å². The lowest BCUT2D eigenvalue weighted by molar-refractivity contribution is -0.0520. The van der Waals surface area contributed by atoms with E-state index in [2.05, 4.69) is 30.5 Å². The molecule has 166 valence electrons. The zero-order valence-corrected chi connectivity index (χ0v) is 17.7. The summed E-state index contributed by atoms with van der Waals surface area (Å²) in [5.41, 5.74) is 0.497. The molecule has 2 rings (SSSR count). The standard InChI is InChI=1S/C20H29F2N5O3/c1-5-23-20(24-11-10-16-26-18(13(3)4)27-30-16)25-12-14-8-7-9-15(28-6-2)17(14)29-19(21)22/h7-9,13,19H,5-6,10-12H2,1-4H3,(H2,23,24,25). The monoisotopic (exact) mass is 425 g/mol. The first-order valence-electron chi connectivity index (χ1n) is 9.98. The van der Waals surface area contributed by atoms with Crippen molar-refractivity contribution < 1.29 is 22.8 Å². The number of nitrogens with zero attached hydrogens (tertiary/aromatic N) is 3. The van der Waals surface area contributed by atoms with Crippen molar-refractivity contribution in [2.24, 2.45) is 4.99 Å². The molecule has 0 fully saturated rings. The molecule has 0 atom stereocenters. The summed E-state index contributed by atoms with van der Waals surface area (Å²) in [7, 11) is 0. The molecule has 1 heterocycles. The Kier molecular flexibility index (Phi) is 9.30. The summed E-state index contributed by atoms with van der Waals surface area (Å²) in [5, 5.41) is 10.2. The minimum absolute atomic E-state index is 0.000947. The Bertz CT molecular complexity index is 811. The summed E-state index contributed by atoms with van der Waals surface area (Å²) < 4.78 is 41.0. The Hall–Kier alpha value is -2.91. The molecular weight excluding hydrogens is 396 g/mol. The van der Waals surface area contributed by atoms with E-state index in [1.807, 2.05) is 20.8 Å². The largest absolute Gasteiger partial charge is 0.490 e. The molecule has 0 spiro atoms. The Balaban J connectivity index is 2.05. The maximum Gasteiger partial charge on any atom is 0.387 e. The van der Waals surface area contributed by atoms with Gasteiger partial charge in [0, 0.05) is 31.0 Å². The summed E-state index contributed by atoms with van der Waals surface area (Å²) in [6.07, 6.45) is 0.531. The maximum atomic E-state index is 12.9. The van der Waals surface area contributed by atoms with Gasteiger partial charge in [-0.05, 0) is 19.9 Å². The summed E-state index contributed by atoms with van der Waals surface area (Å²) in [6.45, 7) is 6.38. The minimum atomic E-state index is -2.95. The number of ether oxygens (including phenoxy) is 2. The number of guanidine groups is 1. The third-order valence-electron chi connectivity index (χ3n) is 3.95. The Morgan fingerprint density at radius 3 is 2.67 bits per heavy atom. The highest BCUT2D eigenvalue weighted by molar-refractivity contribution is 5.79. The lowest BCUT2D eigenvalue weighted by Crippen LogP contribution is -2.38. The Morgan fingerprint density at radius 2 is 2.03 bits per heavy atom. The van der Waals surface area contributed by atoms with Crippen molar-refractivity contribution in [2.75, 3.05) is 19.7 Å². The molecular formula is C20H29F2N5O3. The van der Waals surface area contributed by atoms with Crippen LogP contribution in [0.25, 0.3) is 0 Å². The molecule has 10 heteroatoms. The van der Waals surface area contributed by atoms with Gasteiger partial charge in [-0.3, -0.25) is 0 Å². The zero-order chi connectivity index (χ0) is 21.9. The van der Waals surface area contributed by atoms with Gasteiger partial charge in [0.05, 0.1) is 13.2 Å². The number of para-hydroxylation sites is 1. The van der Waals surface area contributed by atoms with Crippen molar-refractivity contribution in [3.8, 4) is 11.5 Å². The minimum Gasteiger partial charge on any atom is -0.490 e. The molecule has 0 saturated carbocycles. The van der Waals surface area contributed by atoms with E-state index < -0.39 is 6.61 Å². The average molecular weight is 425 g/mol. The molecule has 2 aromatic rings. The van der Waals surface area contributed by atoms with Crippen LogP contribution < -0.4 is 20.1 Å². The predicted octanol–water partition coefficient (Wildman–Crippen LogP) is 3.49. The van der Waals surface area contributed by atoms with Crippen LogP contribution in [0.2, 0.25) is 0 Å². The third-order valence-corrected chi connectivity index (χ3v) is 3.95. The van der Waals surface area contributed by atoms with Gasteiger partial charge in [0.2, 0.25) is 5.89 Å². The molecule has 0 amide bonds. The van der Waals surface area contributed by atoms with E-state index in [4.69, 9.17) is 9.26 Å². The highest BCUT2D eigenvalue weighted by Crippen LogP contribution is 2.33. The van der Waals surface area contributed by atoms with E-state index in [1.54, 1.807) is 25.1 Å². The summed E-state index contributed by atoms with van der Waals surface area (Å²) >= 11 is 0. The normalized spacial score (nSPS) is 11.8. The van der Waals surface area contributed by atoms with Gasteiger partial charge in [0.1, 0.15) is 0 Å². The van der Waals surface area contributed by atoms with E-state index in [9.17, 15) is 8.78 Å². The molecule has 1 aromatic carbocycles. The summed E-state index contributed by atoms with van der Waals surface area (Å²) in [6, 6.07) is 4.99. The molecule has 0 radical (unpaired) electrons. The molecule has 0 bridgehead atoms. The van der Waals surface area contributed by atoms with Crippen molar-refractivity contribution >= 4 is 5.96 Å². The predicted molar refractivity (Wildman–Crippen MR) is 109 cm³/mol. The van der Waals surface area contributed by atoms with E-state index in [0.717, 1.165) is 0 Å². The van der Waals surface area contributed by atoms with E-state index in [1.165, 1.54) is 0 Å². The fraction of sp³-hybridized carbons (Fsp3) is 0.550. The van der Waals surface area contributed by atoms with Gasteiger partial charge < -0.3 is 24.6 Å². The lowest BCUT2D eigenvalue weighted by Gasteiger charge is -2.15. The molecule has 1 aromatic heterocycles. The Morgan fingerprint density at radius 1 is 1.23 bits per heavy atom. The quantitative estimate of drug-likeness (QED) is 0.420. The van der Waals surface area contributed by atoms with Crippen LogP contribution in [0, 0.1) is 0 Å². The van der Waals surface area contributed by atoms with Gasteiger partial charge >= 0.3 is 6.61 Å². The topological polar surface area (TPSA) is 93.8 Å². The van der Waals surface area contributed by atoms with Gasteiger partial charge in [-0.2, -0.15) is 13.8 Å². The first-order valence-corrected chi connectivity index (χ1v) is 9.98. The number of aromatic nitrogens is 2. The highest BCUT2D eigenvalue weighted by Gasteiger charge is 2.16. The smallest absolute Gasteiger partial charge is 0.387 e. The number of aliphatic imine (C=N–C) groups is 1. The van der Waals surface area contributed by atoms with E-state index in [0.29, 0.717) is 49.4 Å². The summed E-state index contributed by atoms with van der Waals surface area (Å²) in [5.74, 6) is 2.21. The van der Waals surface area contributed by atoms with Crippen molar-refractivity contribution in [3.05, 3.63) is 35.5 Å². The second-order valence-corrected chi connectivity index (χ2v) is 6.63. The van der Waals surface area contributed by atoms with E-state index in [-0.39, 0.29) is 24.0 Å². The average Bonchev–Trinajstić information content (AvgIpc) is 3.17. The number of nitrogens with one attached hydrogen (secondary N) is 2. The van der Waals surface area contributed by atoms with Crippen molar-refractivity contribution in [1.82, 2.24) is 20.8 Å². The van der Waals surface area contributed by atoms with Crippen molar-refractivity contribution in [1.29, 1.82) is 0 Å². The fourth-order valence-corrected chi connectivity index (χ4v) is 2.58. The number of hydrogen-bond acceptors (Lipinski definition) is 6. The van der Waals surface area contributed by atoms with Gasteiger partial charge in [0.25, 0.3) is 0 Å². The molecule has 0 aliphatic rings. The maximum absolute atomic E-state index is 12.9. The van der Waals surface area contributed by atoms with Crippen LogP contribution in [-0.2, 0) is 13.0 Å². The molecule has 30 heavy (non-hydrogen) atoms. The third kappa shape index (κ3) is 7.16. The van der Waals surface area contributed by atoms with Gasteiger partial charge in [-0.1, -0.05) is 31.1 Å². The number of benzene rings is 1. The van der Waals surface area contributed by atoms with Gasteiger partial charge in [-0.15, -0.1) is 0 Å². The number of hydrogen-bond donors (Lipinski definition) is 2. The molecule has 0 aliphatic carbocycles. The van der Waals surface area contributed by atoms with Crippen LogP contribution in [0.4, 0.5) is 8.78 Å². The van der Waals surface area contributed by atoms with Crippen LogP contribution >= 0.6 is 0 Å². The first kappa shape index (κ1) is 23.4. The number of halogens is 2. The number of rotatable bonds is 11. The number of alkyl halides is 2. The first-order chi connectivity index (χ1) is 14.4. The van der Waals surface area contributed by atoms with Gasteiger partial charge in [-0.25, -0.2) is 4.99 Å². The molecule has 2 N–H and O–H groups in total. The molecule has 0 saturated heterocycles. The van der Waals surface area contributed by atoms with Crippen LogP contribution in [0.5, 0.6) is 11.5 Å². The molecule has 0 aliphatic heterocycles. The SMILES string of the molecule is CCNC(=NCc1cccc(OCC)c1OC(F)F)NCCc1nc(C(C)C)no1. The summed E-state index contributed by atoms with van der Waals surface area (Å²) in [4.78, 5) is 8.80. The second-order valence-electron chi connectivity index (χ2n) is 6.63.